The van der Waals surface area contributed by atoms with Gasteiger partial charge in [0.05, 0.1) is 11.6 Å². The van der Waals surface area contributed by atoms with Crippen LogP contribution in [-0.4, -0.2) is 44.7 Å². The van der Waals surface area contributed by atoms with Crippen LogP contribution in [0, 0.1) is 0 Å². The number of thiazole rings is 1. The Balaban J connectivity index is 2.02. The van der Waals surface area contributed by atoms with Crippen LogP contribution in [0.5, 0.6) is 0 Å². The number of nitrogens with one attached hydrogen (secondary N) is 1. The first-order valence-electron chi connectivity index (χ1n) is 5.82. The number of anilines is 1. The smallest absolute Gasteiger partial charge is 0.327 e. The van der Waals surface area contributed by atoms with Crippen molar-refractivity contribution in [2.75, 3.05) is 16.9 Å². The number of carbonyl (C=O) groups excluding carboxylic acids is 1. The SMILES string of the molecule is CC(C)c1csc(NC(=O)N2CSCC2C(=O)O)n1. The lowest BCUT2D eigenvalue weighted by atomic mass is 10.2. The summed E-state index contributed by atoms with van der Waals surface area (Å²) in [6.07, 6.45) is 0. The van der Waals surface area contributed by atoms with Crippen molar-refractivity contribution >= 4 is 40.2 Å². The van der Waals surface area contributed by atoms with Crippen LogP contribution >= 0.6 is 23.1 Å². The Hall–Kier alpha value is -1.28. The molecule has 1 atom stereocenters. The van der Waals surface area contributed by atoms with Crippen molar-refractivity contribution in [3.63, 3.8) is 0 Å². The summed E-state index contributed by atoms with van der Waals surface area (Å²) in [6.45, 7) is 4.05. The van der Waals surface area contributed by atoms with Crippen LogP contribution in [-0.2, 0) is 4.79 Å². The molecule has 1 aliphatic heterocycles. The number of hydrogen-bond donors (Lipinski definition) is 2. The van der Waals surface area contributed by atoms with Crippen LogP contribution < -0.4 is 5.32 Å². The molecular weight excluding hydrogens is 286 g/mol. The summed E-state index contributed by atoms with van der Waals surface area (Å²) in [5, 5.41) is 14.1. The Labute approximate surface area is 119 Å². The highest BCUT2D eigenvalue weighted by Gasteiger charge is 2.34. The largest absolute Gasteiger partial charge is 0.480 e. The molecule has 2 N–H and O–H groups in total. The Morgan fingerprint density at radius 3 is 2.89 bits per heavy atom. The zero-order valence-electron chi connectivity index (χ0n) is 10.6. The minimum atomic E-state index is -0.970. The number of hydrogen-bond acceptors (Lipinski definition) is 5. The number of rotatable bonds is 3. The van der Waals surface area contributed by atoms with E-state index in [-0.39, 0.29) is 0 Å². The molecule has 19 heavy (non-hydrogen) atoms. The van der Waals surface area contributed by atoms with Crippen molar-refractivity contribution in [2.24, 2.45) is 0 Å². The van der Waals surface area contributed by atoms with E-state index in [1.807, 2.05) is 19.2 Å². The summed E-state index contributed by atoms with van der Waals surface area (Å²) in [6, 6.07) is -1.16. The van der Waals surface area contributed by atoms with Gasteiger partial charge in [-0.2, -0.15) is 0 Å². The molecule has 2 amide bonds. The van der Waals surface area contributed by atoms with Crippen LogP contribution in [0.1, 0.15) is 25.5 Å². The third-order valence-electron chi connectivity index (χ3n) is 2.76. The second-order valence-electron chi connectivity index (χ2n) is 4.49. The standard InChI is InChI=1S/C11H15N3O3S2/c1-6(2)7-3-19-10(12-7)13-11(17)14-5-18-4-8(14)9(15)16/h3,6,8H,4-5H2,1-2H3,(H,15,16)(H,12,13,17). The molecule has 2 heterocycles. The van der Waals surface area contributed by atoms with Gasteiger partial charge in [-0.05, 0) is 5.92 Å². The number of thioether (sulfide) groups is 1. The van der Waals surface area contributed by atoms with E-state index in [0.717, 1.165) is 5.69 Å². The summed E-state index contributed by atoms with van der Waals surface area (Å²) < 4.78 is 0. The highest BCUT2D eigenvalue weighted by atomic mass is 32.2. The molecule has 0 spiro atoms. The highest BCUT2D eigenvalue weighted by Crippen LogP contribution is 2.24. The molecule has 2 rings (SSSR count). The number of amides is 2. The third kappa shape index (κ3) is 3.19. The van der Waals surface area contributed by atoms with Crippen LogP contribution in [0.25, 0.3) is 0 Å². The average Bonchev–Trinajstić information content (AvgIpc) is 2.96. The Morgan fingerprint density at radius 1 is 1.58 bits per heavy atom. The number of carboxylic acids is 1. The van der Waals surface area contributed by atoms with Gasteiger partial charge in [0.1, 0.15) is 6.04 Å². The van der Waals surface area contributed by atoms with Gasteiger partial charge in [-0.15, -0.1) is 23.1 Å². The minimum absolute atomic E-state index is 0.302. The minimum Gasteiger partial charge on any atom is -0.480 e. The van der Waals surface area contributed by atoms with E-state index < -0.39 is 18.0 Å². The third-order valence-corrected chi connectivity index (χ3v) is 4.54. The summed E-state index contributed by atoms with van der Waals surface area (Å²) in [4.78, 5) is 28.6. The van der Waals surface area contributed by atoms with Gasteiger partial charge in [0.2, 0.25) is 0 Å². The maximum atomic E-state index is 12.0. The fraction of sp³-hybridized carbons (Fsp3) is 0.545. The van der Waals surface area contributed by atoms with Crippen LogP contribution in [0.3, 0.4) is 0 Å². The lowest BCUT2D eigenvalue weighted by Crippen LogP contribution is -2.43. The van der Waals surface area contributed by atoms with Crippen LogP contribution in [0.2, 0.25) is 0 Å². The summed E-state index contributed by atoms with van der Waals surface area (Å²) in [5.74, 6) is 0.154. The molecule has 0 bridgehead atoms. The predicted octanol–water partition coefficient (Wildman–Crippen LogP) is 2.26. The highest BCUT2D eigenvalue weighted by molar-refractivity contribution is 7.99. The van der Waals surface area contributed by atoms with Gasteiger partial charge < -0.3 is 10.0 Å². The number of carboxylic acid groups (broad SMARTS) is 1. The first-order chi connectivity index (χ1) is 8.99. The van der Waals surface area contributed by atoms with Crippen molar-refractivity contribution in [3.05, 3.63) is 11.1 Å². The number of carbonyl (C=O) groups is 2. The van der Waals surface area contributed by atoms with E-state index >= 15 is 0 Å². The van der Waals surface area contributed by atoms with E-state index in [1.54, 1.807) is 0 Å². The maximum absolute atomic E-state index is 12.0. The monoisotopic (exact) mass is 301 g/mol. The molecule has 1 saturated heterocycles. The Morgan fingerprint density at radius 2 is 2.32 bits per heavy atom. The molecule has 8 heteroatoms. The number of aliphatic carboxylic acids is 1. The topological polar surface area (TPSA) is 82.5 Å². The molecule has 6 nitrogen and oxygen atoms in total. The summed E-state index contributed by atoms with van der Waals surface area (Å²) in [5.41, 5.74) is 0.922. The fourth-order valence-corrected chi connectivity index (χ4v) is 3.63. The van der Waals surface area contributed by atoms with Crippen molar-refractivity contribution in [1.82, 2.24) is 9.88 Å². The van der Waals surface area contributed by atoms with Gasteiger partial charge in [0, 0.05) is 11.1 Å². The molecular formula is C11H15N3O3S2. The second kappa shape index (κ2) is 5.79. The van der Waals surface area contributed by atoms with E-state index in [4.69, 9.17) is 5.11 Å². The fourth-order valence-electron chi connectivity index (χ4n) is 1.62. The number of nitrogens with zero attached hydrogens (tertiary/aromatic N) is 2. The molecule has 1 unspecified atom stereocenters. The first-order valence-corrected chi connectivity index (χ1v) is 7.86. The average molecular weight is 301 g/mol. The normalized spacial score (nSPS) is 18.9. The Kier molecular flexibility index (Phi) is 4.31. The van der Waals surface area contributed by atoms with Crippen molar-refractivity contribution < 1.29 is 14.7 Å². The number of urea groups is 1. The Bertz CT molecular complexity index is 489. The van der Waals surface area contributed by atoms with Gasteiger partial charge in [-0.3, -0.25) is 5.32 Å². The quantitative estimate of drug-likeness (QED) is 0.895. The van der Waals surface area contributed by atoms with Crippen molar-refractivity contribution in [1.29, 1.82) is 0 Å². The summed E-state index contributed by atoms with van der Waals surface area (Å²) in [7, 11) is 0. The molecule has 1 aromatic rings. The number of aromatic nitrogens is 1. The van der Waals surface area contributed by atoms with E-state index in [2.05, 4.69) is 10.3 Å². The zero-order valence-corrected chi connectivity index (χ0v) is 12.3. The molecule has 0 saturated carbocycles. The van der Waals surface area contributed by atoms with E-state index in [1.165, 1.54) is 28.0 Å². The van der Waals surface area contributed by atoms with Crippen LogP contribution in [0.4, 0.5) is 9.93 Å². The molecule has 104 valence electrons. The summed E-state index contributed by atoms with van der Waals surface area (Å²) >= 11 is 2.79. The second-order valence-corrected chi connectivity index (χ2v) is 6.34. The molecule has 1 aliphatic rings. The van der Waals surface area contributed by atoms with Gasteiger partial charge in [-0.25, -0.2) is 14.6 Å². The van der Waals surface area contributed by atoms with Crippen molar-refractivity contribution in [3.8, 4) is 0 Å². The van der Waals surface area contributed by atoms with E-state index in [0.29, 0.717) is 22.7 Å². The molecule has 0 aliphatic carbocycles. The lowest BCUT2D eigenvalue weighted by molar-refractivity contribution is -0.140. The van der Waals surface area contributed by atoms with Gasteiger partial charge in [-0.1, -0.05) is 13.8 Å². The maximum Gasteiger partial charge on any atom is 0.327 e. The molecule has 1 aromatic heterocycles. The lowest BCUT2D eigenvalue weighted by Gasteiger charge is -2.19. The van der Waals surface area contributed by atoms with Crippen molar-refractivity contribution in [2.45, 2.75) is 25.8 Å². The van der Waals surface area contributed by atoms with Gasteiger partial charge >= 0.3 is 12.0 Å². The predicted molar refractivity (Wildman–Crippen MR) is 75.8 cm³/mol. The molecule has 1 fully saturated rings. The zero-order chi connectivity index (χ0) is 14.0. The van der Waals surface area contributed by atoms with E-state index in [9.17, 15) is 9.59 Å². The van der Waals surface area contributed by atoms with Crippen LogP contribution in [0.15, 0.2) is 5.38 Å². The molecule has 0 aromatic carbocycles. The van der Waals surface area contributed by atoms with Gasteiger partial charge in [0.15, 0.2) is 5.13 Å². The van der Waals surface area contributed by atoms with Gasteiger partial charge in [0.25, 0.3) is 0 Å². The first kappa shape index (κ1) is 14.1. The molecule has 0 radical (unpaired) electrons.